The van der Waals surface area contributed by atoms with Gasteiger partial charge < -0.3 is 4.42 Å². The summed E-state index contributed by atoms with van der Waals surface area (Å²) in [6.07, 6.45) is 0. The summed E-state index contributed by atoms with van der Waals surface area (Å²) in [4.78, 5) is 0. The van der Waals surface area contributed by atoms with Crippen LogP contribution in [0.1, 0.15) is 25.0 Å². The van der Waals surface area contributed by atoms with Gasteiger partial charge in [0.1, 0.15) is 11.2 Å². The summed E-state index contributed by atoms with van der Waals surface area (Å²) < 4.78 is 7.13. The summed E-state index contributed by atoms with van der Waals surface area (Å²) >= 11 is 0. The third kappa shape index (κ3) is 3.58. The van der Waals surface area contributed by atoms with Crippen molar-refractivity contribution >= 4 is 75.8 Å². The predicted octanol–water partition coefficient (Wildman–Crippen LogP) is 14.4. The van der Waals surface area contributed by atoms with Gasteiger partial charge in [0.2, 0.25) is 0 Å². The highest BCUT2D eigenvalue weighted by atomic mass is 16.3. The number of hydrogen-bond acceptors (Lipinski definition) is 1. The fourth-order valence-electron chi connectivity index (χ4n) is 9.70. The van der Waals surface area contributed by atoms with Gasteiger partial charge in [-0.1, -0.05) is 153 Å². The average molecular weight is 661 g/mol. The Kier molecular flexibility index (Phi) is 5.37. The number of fused-ring (bicyclic) bond motifs is 10. The molecule has 0 N–H and O–H groups in total. The van der Waals surface area contributed by atoms with E-state index in [2.05, 4.69) is 172 Å². The minimum absolute atomic E-state index is 0.129. The summed E-state index contributed by atoms with van der Waals surface area (Å²) in [6, 6.07) is 58.6. The van der Waals surface area contributed by atoms with E-state index in [0.29, 0.717) is 0 Å². The van der Waals surface area contributed by atoms with Crippen molar-refractivity contribution < 1.29 is 4.42 Å². The third-order valence-electron chi connectivity index (χ3n) is 12.2. The molecular formula is C51H32O. The lowest BCUT2D eigenvalue weighted by Crippen LogP contribution is -2.15. The van der Waals surface area contributed by atoms with E-state index in [1.54, 1.807) is 0 Å². The zero-order valence-corrected chi connectivity index (χ0v) is 28.9. The smallest absolute Gasteiger partial charge is 0.143 e. The van der Waals surface area contributed by atoms with Crippen LogP contribution in [0.5, 0.6) is 0 Å². The Morgan fingerprint density at radius 3 is 1.81 bits per heavy atom. The fraction of sp³-hybridized carbons (Fsp3) is 0.0588. The molecule has 0 aliphatic heterocycles. The first-order chi connectivity index (χ1) is 25.5. The standard InChI is InChI=1S/C51H32O/c1-51(2)43-27-20-29-8-3-5-12-35(29)47(43)41-23-19-34(28-44(41)51)37-25-26-40(48-42-24-16-30-9-4-6-13-36(30)49(42)52-50(37)48)38-21-17-33-15-14-31-10-7-11-32-18-22-39(38)46(33)45(31)32/h3-28H,1-2H3. The summed E-state index contributed by atoms with van der Waals surface area (Å²) in [6.45, 7) is 4.74. The first kappa shape index (κ1) is 28.3. The van der Waals surface area contributed by atoms with Gasteiger partial charge in [0, 0.05) is 27.1 Å². The Labute approximate surface area is 300 Å². The molecule has 10 aromatic carbocycles. The van der Waals surface area contributed by atoms with Gasteiger partial charge in [-0.05, 0) is 106 Å². The lowest BCUT2D eigenvalue weighted by molar-refractivity contribution is 0.660. The van der Waals surface area contributed by atoms with Crippen molar-refractivity contribution in [3.8, 4) is 33.4 Å². The molecule has 0 bridgehead atoms. The summed E-state index contributed by atoms with van der Waals surface area (Å²) in [5, 5.41) is 15.0. The lowest BCUT2D eigenvalue weighted by Gasteiger charge is -2.22. The Morgan fingerprint density at radius 1 is 0.365 bits per heavy atom. The molecule has 1 heteroatoms. The van der Waals surface area contributed by atoms with Crippen LogP contribution in [-0.4, -0.2) is 0 Å². The maximum Gasteiger partial charge on any atom is 0.143 e. The van der Waals surface area contributed by atoms with Gasteiger partial charge >= 0.3 is 0 Å². The van der Waals surface area contributed by atoms with E-state index in [0.717, 1.165) is 27.5 Å². The van der Waals surface area contributed by atoms with E-state index < -0.39 is 0 Å². The highest BCUT2D eigenvalue weighted by molar-refractivity contribution is 6.28. The second-order valence-corrected chi connectivity index (χ2v) is 15.2. The molecule has 242 valence electrons. The van der Waals surface area contributed by atoms with Gasteiger partial charge in [-0.2, -0.15) is 0 Å². The molecule has 1 aliphatic rings. The zero-order chi connectivity index (χ0) is 34.3. The molecule has 11 aromatic rings. The van der Waals surface area contributed by atoms with Crippen LogP contribution >= 0.6 is 0 Å². The molecule has 1 heterocycles. The van der Waals surface area contributed by atoms with Gasteiger partial charge in [0.25, 0.3) is 0 Å². The topological polar surface area (TPSA) is 13.1 Å². The van der Waals surface area contributed by atoms with E-state index in [1.807, 2.05) is 0 Å². The minimum atomic E-state index is -0.129. The predicted molar refractivity (Wildman–Crippen MR) is 221 cm³/mol. The normalized spacial score (nSPS) is 13.7. The van der Waals surface area contributed by atoms with Gasteiger partial charge in [-0.15, -0.1) is 0 Å². The summed E-state index contributed by atoms with van der Waals surface area (Å²) in [7, 11) is 0. The van der Waals surface area contributed by atoms with E-state index in [1.165, 1.54) is 92.8 Å². The number of furan rings is 1. The first-order valence-corrected chi connectivity index (χ1v) is 18.3. The van der Waals surface area contributed by atoms with Crippen molar-refractivity contribution in [1.29, 1.82) is 0 Å². The molecule has 52 heavy (non-hydrogen) atoms. The maximum atomic E-state index is 7.13. The van der Waals surface area contributed by atoms with Crippen LogP contribution < -0.4 is 0 Å². The second kappa shape index (κ2) is 9.87. The highest BCUT2D eigenvalue weighted by Gasteiger charge is 2.37. The van der Waals surface area contributed by atoms with E-state index in [-0.39, 0.29) is 5.41 Å². The van der Waals surface area contributed by atoms with Crippen molar-refractivity contribution in [2.75, 3.05) is 0 Å². The Morgan fingerprint density at radius 2 is 0.962 bits per heavy atom. The van der Waals surface area contributed by atoms with Gasteiger partial charge in [0.15, 0.2) is 0 Å². The van der Waals surface area contributed by atoms with E-state index >= 15 is 0 Å². The van der Waals surface area contributed by atoms with Crippen LogP contribution in [-0.2, 0) is 5.41 Å². The number of benzene rings is 10. The first-order valence-electron chi connectivity index (χ1n) is 18.3. The molecule has 0 spiro atoms. The summed E-state index contributed by atoms with van der Waals surface area (Å²) in [5.41, 5.74) is 11.9. The van der Waals surface area contributed by atoms with Crippen LogP contribution in [0.3, 0.4) is 0 Å². The average Bonchev–Trinajstić information content (AvgIpc) is 3.69. The van der Waals surface area contributed by atoms with Gasteiger partial charge in [0.05, 0.1) is 0 Å². The molecule has 1 nitrogen and oxygen atoms in total. The molecule has 0 saturated carbocycles. The Bertz CT molecular complexity index is 3300. The third-order valence-corrected chi connectivity index (χ3v) is 12.2. The van der Waals surface area contributed by atoms with Crippen LogP contribution in [0.15, 0.2) is 162 Å². The summed E-state index contributed by atoms with van der Waals surface area (Å²) in [5.74, 6) is 0. The molecular weight excluding hydrogens is 629 g/mol. The number of hydrogen-bond donors (Lipinski definition) is 0. The highest BCUT2D eigenvalue weighted by Crippen LogP contribution is 2.53. The van der Waals surface area contributed by atoms with Gasteiger partial charge in [-0.25, -0.2) is 0 Å². The molecule has 0 radical (unpaired) electrons. The molecule has 0 saturated heterocycles. The fourth-order valence-corrected chi connectivity index (χ4v) is 9.70. The Balaban J connectivity index is 1.15. The molecule has 0 fully saturated rings. The van der Waals surface area contributed by atoms with Crippen molar-refractivity contribution in [3.63, 3.8) is 0 Å². The van der Waals surface area contributed by atoms with Crippen LogP contribution in [0.2, 0.25) is 0 Å². The molecule has 0 unspecified atom stereocenters. The van der Waals surface area contributed by atoms with Gasteiger partial charge in [-0.3, -0.25) is 0 Å². The number of rotatable bonds is 2. The quantitative estimate of drug-likeness (QED) is 0.168. The molecule has 12 rings (SSSR count). The van der Waals surface area contributed by atoms with Crippen LogP contribution in [0.4, 0.5) is 0 Å². The van der Waals surface area contributed by atoms with Crippen LogP contribution in [0.25, 0.3) is 109 Å². The largest absolute Gasteiger partial charge is 0.455 e. The maximum absolute atomic E-state index is 7.13. The zero-order valence-electron chi connectivity index (χ0n) is 28.9. The van der Waals surface area contributed by atoms with Crippen molar-refractivity contribution in [3.05, 3.63) is 169 Å². The molecule has 1 aromatic heterocycles. The second-order valence-electron chi connectivity index (χ2n) is 15.2. The van der Waals surface area contributed by atoms with Crippen LogP contribution in [0, 0.1) is 0 Å². The van der Waals surface area contributed by atoms with E-state index in [4.69, 9.17) is 4.42 Å². The molecule has 0 atom stereocenters. The van der Waals surface area contributed by atoms with Crippen molar-refractivity contribution in [2.45, 2.75) is 19.3 Å². The minimum Gasteiger partial charge on any atom is -0.455 e. The van der Waals surface area contributed by atoms with Crippen molar-refractivity contribution in [2.24, 2.45) is 0 Å². The SMILES string of the molecule is CC1(C)c2cc(-c3ccc(-c4ccc5ccc6cccc7ccc4c5c67)c4c3oc3c5ccccc5ccc34)ccc2-c2c1ccc1ccccc21. The molecule has 0 amide bonds. The van der Waals surface area contributed by atoms with Crippen molar-refractivity contribution in [1.82, 2.24) is 0 Å². The monoisotopic (exact) mass is 660 g/mol. The van der Waals surface area contributed by atoms with E-state index in [9.17, 15) is 0 Å². The Hall–Kier alpha value is -6.44. The molecule has 1 aliphatic carbocycles. The lowest BCUT2D eigenvalue weighted by atomic mass is 9.81.